The van der Waals surface area contributed by atoms with E-state index in [0.29, 0.717) is 24.4 Å². The number of benzene rings is 1. The summed E-state index contributed by atoms with van der Waals surface area (Å²) in [5.74, 6) is -0.0441. The highest BCUT2D eigenvalue weighted by atomic mass is 16.2. The molecule has 5 rings (SSSR count). The zero-order valence-corrected chi connectivity index (χ0v) is 17.4. The summed E-state index contributed by atoms with van der Waals surface area (Å²) in [6.45, 7) is 4.12. The number of carbonyl (C=O) groups excluding carboxylic acids is 3. The van der Waals surface area contributed by atoms with Gasteiger partial charge in [0.25, 0.3) is 5.91 Å². The van der Waals surface area contributed by atoms with Crippen molar-refractivity contribution < 1.29 is 14.4 Å². The Balaban J connectivity index is 1.35. The Morgan fingerprint density at radius 2 is 2.03 bits per heavy atom. The lowest BCUT2D eigenvalue weighted by Crippen LogP contribution is -2.52. The van der Waals surface area contributed by atoms with Crippen molar-refractivity contribution >= 4 is 17.7 Å². The number of nitrogens with two attached hydrogens (primary N) is 1. The van der Waals surface area contributed by atoms with E-state index in [9.17, 15) is 14.4 Å². The van der Waals surface area contributed by atoms with Crippen LogP contribution < -0.4 is 11.1 Å². The maximum absolute atomic E-state index is 13.0. The molecular weight excluding hydrogens is 380 g/mol. The van der Waals surface area contributed by atoms with Crippen molar-refractivity contribution in [1.82, 2.24) is 15.1 Å². The van der Waals surface area contributed by atoms with E-state index in [2.05, 4.69) is 16.3 Å². The molecule has 1 aromatic carbocycles. The molecule has 3 atom stereocenters. The summed E-state index contributed by atoms with van der Waals surface area (Å²) in [7, 11) is 0. The number of nitrogens with one attached hydrogen (secondary N) is 1. The van der Waals surface area contributed by atoms with Crippen LogP contribution in [0.15, 0.2) is 18.2 Å². The molecule has 3 amide bonds. The summed E-state index contributed by atoms with van der Waals surface area (Å²) in [6.07, 6.45) is 5.74. The van der Waals surface area contributed by atoms with E-state index < -0.39 is 6.04 Å². The zero-order chi connectivity index (χ0) is 20.9. The van der Waals surface area contributed by atoms with Gasteiger partial charge in [0.05, 0.1) is 0 Å². The lowest BCUT2D eigenvalue weighted by molar-refractivity contribution is -0.136. The van der Waals surface area contributed by atoms with Gasteiger partial charge >= 0.3 is 0 Å². The molecule has 3 aliphatic heterocycles. The van der Waals surface area contributed by atoms with Crippen molar-refractivity contribution in [2.24, 2.45) is 17.1 Å². The first kappa shape index (κ1) is 19.7. The molecule has 3 unspecified atom stereocenters. The van der Waals surface area contributed by atoms with Crippen molar-refractivity contribution in [3.8, 4) is 0 Å². The fraction of sp³-hybridized carbons (Fsp3) is 0.609. The van der Waals surface area contributed by atoms with Gasteiger partial charge in [-0.1, -0.05) is 25.0 Å². The molecule has 4 aliphatic rings. The van der Waals surface area contributed by atoms with Crippen LogP contribution >= 0.6 is 0 Å². The van der Waals surface area contributed by atoms with Crippen LogP contribution in [0, 0.1) is 11.3 Å². The number of hydrogen-bond acceptors (Lipinski definition) is 5. The normalized spacial score (nSPS) is 31.6. The second kappa shape index (κ2) is 7.46. The quantitative estimate of drug-likeness (QED) is 0.732. The first-order valence-corrected chi connectivity index (χ1v) is 11.2. The third kappa shape index (κ3) is 3.15. The summed E-state index contributed by atoms with van der Waals surface area (Å²) < 4.78 is 0. The third-order valence-electron chi connectivity index (χ3n) is 7.84. The zero-order valence-electron chi connectivity index (χ0n) is 17.4. The molecule has 30 heavy (non-hydrogen) atoms. The number of fused-ring (bicyclic) bond motifs is 2. The molecule has 0 spiro atoms. The smallest absolute Gasteiger partial charge is 0.255 e. The predicted octanol–water partition coefficient (Wildman–Crippen LogP) is 1.40. The third-order valence-corrected chi connectivity index (χ3v) is 7.84. The van der Waals surface area contributed by atoms with Crippen molar-refractivity contribution in [3.05, 3.63) is 34.9 Å². The fourth-order valence-electron chi connectivity index (χ4n) is 6.19. The maximum atomic E-state index is 13.0. The van der Waals surface area contributed by atoms with E-state index in [4.69, 9.17) is 5.73 Å². The molecule has 0 radical (unpaired) electrons. The molecule has 2 saturated heterocycles. The fourth-order valence-corrected chi connectivity index (χ4v) is 6.19. The number of rotatable bonds is 4. The van der Waals surface area contributed by atoms with Crippen LogP contribution in [0.3, 0.4) is 0 Å². The average molecular weight is 411 g/mol. The number of amides is 3. The Bertz CT molecular complexity index is 900. The molecule has 7 heteroatoms. The van der Waals surface area contributed by atoms with Gasteiger partial charge in [-0.25, -0.2) is 0 Å². The minimum atomic E-state index is -0.564. The predicted molar refractivity (Wildman–Crippen MR) is 111 cm³/mol. The summed E-state index contributed by atoms with van der Waals surface area (Å²) in [6, 6.07) is 5.35. The van der Waals surface area contributed by atoms with Gasteiger partial charge in [-0.05, 0) is 54.3 Å². The van der Waals surface area contributed by atoms with Crippen LogP contribution in [0.2, 0.25) is 0 Å². The van der Waals surface area contributed by atoms with E-state index in [1.165, 1.54) is 31.2 Å². The molecular formula is C23H30N4O3. The topological polar surface area (TPSA) is 95.7 Å². The Hall–Kier alpha value is -2.25. The molecule has 3 heterocycles. The van der Waals surface area contributed by atoms with E-state index in [0.717, 1.165) is 31.7 Å². The van der Waals surface area contributed by atoms with Crippen molar-refractivity contribution in [2.45, 2.75) is 57.7 Å². The molecule has 160 valence electrons. The number of nitrogens with zero attached hydrogens (tertiary/aromatic N) is 2. The number of hydrogen-bond donors (Lipinski definition) is 2. The van der Waals surface area contributed by atoms with Gasteiger partial charge in [0, 0.05) is 38.2 Å². The van der Waals surface area contributed by atoms with Gasteiger partial charge < -0.3 is 10.6 Å². The highest BCUT2D eigenvalue weighted by molar-refractivity contribution is 6.05. The molecule has 1 aliphatic carbocycles. The molecule has 1 saturated carbocycles. The lowest BCUT2D eigenvalue weighted by Gasteiger charge is -2.37. The first-order valence-electron chi connectivity index (χ1n) is 11.2. The summed E-state index contributed by atoms with van der Waals surface area (Å²) in [4.78, 5) is 41.0. The summed E-state index contributed by atoms with van der Waals surface area (Å²) >= 11 is 0. The molecule has 3 N–H and O–H groups in total. The Morgan fingerprint density at radius 1 is 1.17 bits per heavy atom. The van der Waals surface area contributed by atoms with Crippen molar-refractivity contribution in [1.29, 1.82) is 0 Å². The second-order valence-corrected chi connectivity index (χ2v) is 9.52. The first-order chi connectivity index (χ1) is 14.5. The second-order valence-electron chi connectivity index (χ2n) is 9.52. The number of likely N-dealkylation sites (tertiary alicyclic amines) is 1. The van der Waals surface area contributed by atoms with E-state index in [1.807, 2.05) is 12.1 Å². The van der Waals surface area contributed by atoms with Crippen LogP contribution in [-0.4, -0.2) is 53.2 Å². The molecule has 7 nitrogen and oxygen atoms in total. The highest BCUT2D eigenvalue weighted by Crippen LogP contribution is 2.46. The summed E-state index contributed by atoms with van der Waals surface area (Å²) in [5, 5.41) is 2.37. The van der Waals surface area contributed by atoms with E-state index >= 15 is 0 Å². The number of piperidine rings is 1. The van der Waals surface area contributed by atoms with Crippen LogP contribution in [0.4, 0.5) is 0 Å². The maximum Gasteiger partial charge on any atom is 0.255 e. The average Bonchev–Trinajstić information content (AvgIpc) is 3.27. The van der Waals surface area contributed by atoms with Crippen molar-refractivity contribution in [3.63, 3.8) is 0 Å². The monoisotopic (exact) mass is 410 g/mol. The largest absolute Gasteiger partial charge is 0.330 e. The lowest BCUT2D eigenvalue weighted by atomic mass is 9.68. The van der Waals surface area contributed by atoms with E-state index in [-0.39, 0.29) is 29.6 Å². The molecule has 1 aromatic rings. The van der Waals surface area contributed by atoms with Gasteiger partial charge in [-0.3, -0.25) is 24.6 Å². The number of carbonyl (C=O) groups is 3. The minimum absolute atomic E-state index is 0.102. The Labute approximate surface area is 177 Å². The van der Waals surface area contributed by atoms with Crippen LogP contribution in [0.5, 0.6) is 0 Å². The van der Waals surface area contributed by atoms with Crippen LogP contribution in [-0.2, 0) is 22.7 Å². The van der Waals surface area contributed by atoms with Crippen molar-refractivity contribution in [2.75, 3.05) is 19.6 Å². The van der Waals surface area contributed by atoms with E-state index in [1.54, 1.807) is 4.90 Å². The van der Waals surface area contributed by atoms with Gasteiger partial charge in [-0.2, -0.15) is 0 Å². The van der Waals surface area contributed by atoms with Gasteiger partial charge in [-0.15, -0.1) is 0 Å². The Morgan fingerprint density at radius 3 is 2.80 bits per heavy atom. The molecule has 0 bridgehead atoms. The van der Waals surface area contributed by atoms with Crippen LogP contribution in [0.25, 0.3) is 0 Å². The molecule has 0 aromatic heterocycles. The van der Waals surface area contributed by atoms with Crippen LogP contribution in [0.1, 0.15) is 60.0 Å². The van der Waals surface area contributed by atoms with Gasteiger partial charge in [0.2, 0.25) is 11.8 Å². The van der Waals surface area contributed by atoms with Gasteiger partial charge in [0.1, 0.15) is 6.04 Å². The highest BCUT2D eigenvalue weighted by Gasteiger charge is 2.47. The number of imide groups is 1. The minimum Gasteiger partial charge on any atom is -0.330 e. The SMILES string of the molecule is NCC12CCCCC1CN(Cc1cccc3c1CN(C1CCC(=O)NC1=O)C3=O)C2. The summed E-state index contributed by atoms with van der Waals surface area (Å²) in [5.41, 5.74) is 9.38. The van der Waals surface area contributed by atoms with Gasteiger partial charge in [0.15, 0.2) is 0 Å². The Kier molecular flexibility index (Phi) is 4.90. The molecule has 3 fully saturated rings. The standard InChI is InChI=1S/C23H30N4O3/c24-13-23-9-2-1-5-16(23)11-26(14-23)10-15-4-3-6-17-18(15)12-27(22(17)30)19-7-8-20(28)25-21(19)29/h3-4,6,16,19H,1-2,5,7-14,24H2,(H,25,28,29).